The molecule has 0 aliphatic heterocycles. The van der Waals surface area contributed by atoms with Crippen LogP contribution in [0.3, 0.4) is 0 Å². The maximum Gasteiger partial charge on any atom is 0.215 e. The molecule has 0 radical (unpaired) electrons. The van der Waals surface area contributed by atoms with Gasteiger partial charge in [-0.1, -0.05) is 0 Å². The lowest BCUT2D eigenvalue weighted by Crippen LogP contribution is -2.43. The van der Waals surface area contributed by atoms with E-state index in [1.165, 1.54) is 7.11 Å². The highest BCUT2D eigenvalue weighted by atomic mass is 32.2. The van der Waals surface area contributed by atoms with Gasteiger partial charge < -0.3 is 14.8 Å². The summed E-state index contributed by atoms with van der Waals surface area (Å²) in [6, 6.07) is 0.517. The highest BCUT2D eigenvalue weighted by Crippen LogP contribution is 2.18. The Balaban J connectivity index is 2.31. The van der Waals surface area contributed by atoms with Crippen molar-refractivity contribution in [2.45, 2.75) is 37.2 Å². The van der Waals surface area contributed by atoms with E-state index >= 15 is 0 Å². The molecule has 1 fully saturated rings. The van der Waals surface area contributed by atoms with Crippen LogP contribution in [0.1, 0.15) is 19.8 Å². The highest BCUT2D eigenvalue weighted by molar-refractivity contribution is 7.90. The molecule has 2 N–H and O–H groups in total. The molecule has 0 aromatic rings. The first-order valence-electron chi connectivity index (χ1n) is 6.23. The smallest absolute Gasteiger partial charge is 0.215 e. The first kappa shape index (κ1) is 15.8. The van der Waals surface area contributed by atoms with Crippen LogP contribution in [-0.2, 0) is 19.5 Å². The third-order valence-corrected chi connectivity index (χ3v) is 4.79. The summed E-state index contributed by atoms with van der Waals surface area (Å²) in [5, 5.41) is 2.77. The summed E-state index contributed by atoms with van der Waals surface area (Å²) in [7, 11) is -0.204. The Morgan fingerprint density at radius 1 is 1.28 bits per heavy atom. The molecule has 1 saturated carbocycles. The first-order chi connectivity index (χ1) is 8.49. The summed E-state index contributed by atoms with van der Waals surface area (Å²) < 4.78 is 36.5. The van der Waals surface area contributed by atoms with Gasteiger partial charge in [-0.2, -0.15) is 0 Å². The Bertz CT molecular complexity index is 330. The van der Waals surface area contributed by atoms with Crippen molar-refractivity contribution in [1.29, 1.82) is 0 Å². The minimum Gasteiger partial charge on any atom is -0.382 e. The van der Waals surface area contributed by atoms with Gasteiger partial charge in [0.05, 0.1) is 18.0 Å². The molecular weight excluding hydrogens is 256 g/mol. The first-order valence-corrected chi connectivity index (χ1v) is 7.77. The predicted octanol–water partition coefficient (Wildman–Crippen LogP) is -0.292. The zero-order valence-electron chi connectivity index (χ0n) is 11.3. The zero-order chi connectivity index (χ0) is 13.6. The summed E-state index contributed by atoms with van der Waals surface area (Å²) >= 11 is 0. The molecule has 0 aromatic carbocycles. The van der Waals surface area contributed by atoms with E-state index in [1.54, 1.807) is 14.0 Å². The molecule has 2 unspecified atom stereocenters. The minimum absolute atomic E-state index is 0.237. The monoisotopic (exact) mass is 280 g/mol. The van der Waals surface area contributed by atoms with E-state index in [0.29, 0.717) is 19.2 Å². The molecule has 108 valence electrons. The predicted molar refractivity (Wildman–Crippen MR) is 70.1 cm³/mol. The second-order valence-corrected chi connectivity index (χ2v) is 6.88. The van der Waals surface area contributed by atoms with Crippen molar-refractivity contribution in [2.24, 2.45) is 0 Å². The van der Waals surface area contributed by atoms with E-state index in [9.17, 15) is 8.42 Å². The van der Waals surface area contributed by atoms with Crippen LogP contribution in [0.4, 0.5) is 0 Å². The third kappa shape index (κ3) is 5.62. The molecule has 1 aliphatic carbocycles. The third-order valence-electron chi connectivity index (χ3n) is 3.00. The maximum atomic E-state index is 11.9. The van der Waals surface area contributed by atoms with Gasteiger partial charge in [-0.25, -0.2) is 13.1 Å². The van der Waals surface area contributed by atoms with Gasteiger partial charge >= 0.3 is 0 Å². The normalized spacial score (nSPS) is 19.7. The Hall–Kier alpha value is -0.210. The average molecular weight is 280 g/mol. The van der Waals surface area contributed by atoms with Crippen LogP contribution in [0.25, 0.3) is 0 Å². The molecular formula is C11H24N2O4S. The van der Waals surface area contributed by atoms with Gasteiger partial charge in [0, 0.05) is 33.4 Å². The van der Waals surface area contributed by atoms with Gasteiger partial charge in [-0.05, 0) is 19.8 Å². The van der Waals surface area contributed by atoms with Gasteiger partial charge in [-0.15, -0.1) is 0 Å². The van der Waals surface area contributed by atoms with Crippen LogP contribution < -0.4 is 10.0 Å². The number of ether oxygens (including phenoxy) is 2. The fourth-order valence-electron chi connectivity index (χ4n) is 1.48. The lowest BCUT2D eigenvalue weighted by molar-refractivity contribution is 0.0319. The van der Waals surface area contributed by atoms with Crippen molar-refractivity contribution in [3.63, 3.8) is 0 Å². The topological polar surface area (TPSA) is 76.7 Å². The Kier molecular flexibility index (Phi) is 6.51. The Labute approximate surface area is 109 Å². The van der Waals surface area contributed by atoms with Gasteiger partial charge in [0.1, 0.15) is 0 Å². The molecule has 0 spiro atoms. The SMILES string of the molecule is COCC(CNS(=O)(=O)C(C)CNC1CC1)OC. The van der Waals surface area contributed by atoms with Gasteiger partial charge in [0.25, 0.3) is 0 Å². The van der Waals surface area contributed by atoms with Crippen LogP contribution >= 0.6 is 0 Å². The molecule has 0 saturated heterocycles. The standard InChI is InChI=1S/C11H24N2O4S/c1-9(6-12-10-4-5-10)18(14,15)13-7-11(17-3)8-16-2/h9-13H,4-8H2,1-3H3. The van der Waals surface area contributed by atoms with Crippen molar-refractivity contribution in [1.82, 2.24) is 10.0 Å². The Morgan fingerprint density at radius 3 is 2.44 bits per heavy atom. The van der Waals surface area contributed by atoms with Crippen molar-refractivity contribution in [3.05, 3.63) is 0 Å². The fourth-order valence-corrected chi connectivity index (χ4v) is 2.50. The number of methoxy groups -OCH3 is 2. The van der Waals surface area contributed by atoms with Crippen molar-refractivity contribution in [2.75, 3.05) is 33.9 Å². The second kappa shape index (κ2) is 7.40. The number of nitrogens with one attached hydrogen (secondary N) is 2. The van der Waals surface area contributed by atoms with Gasteiger partial charge in [-0.3, -0.25) is 0 Å². The molecule has 0 heterocycles. The second-order valence-electron chi connectivity index (χ2n) is 4.70. The number of rotatable bonds is 10. The molecule has 1 rings (SSSR count). The van der Waals surface area contributed by atoms with Crippen molar-refractivity contribution < 1.29 is 17.9 Å². The van der Waals surface area contributed by atoms with E-state index in [4.69, 9.17) is 9.47 Å². The molecule has 18 heavy (non-hydrogen) atoms. The fraction of sp³-hybridized carbons (Fsp3) is 1.00. The average Bonchev–Trinajstić information content (AvgIpc) is 3.15. The summed E-state index contributed by atoms with van der Waals surface area (Å²) in [4.78, 5) is 0. The molecule has 1 aliphatic rings. The van der Waals surface area contributed by atoms with Crippen LogP contribution in [0.15, 0.2) is 0 Å². The molecule has 0 amide bonds. The van der Waals surface area contributed by atoms with Crippen LogP contribution in [0.2, 0.25) is 0 Å². The van der Waals surface area contributed by atoms with Crippen molar-refractivity contribution >= 4 is 10.0 Å². The van der Waals surface area contributed by atoms with E-state index < -0.39 is 15.3 Å². The van der Waals surface area contributed by atoms with Crippen LogP contribution in [0.5, 0.6) is 0 Å². The van der Waals surface area contributed by atoms with E-state index in [1.807, 2.05) is 0 Å². The lowest BCUT2D eigenvalue weighted by Gasteiger charge is -2.18. The molecule has 0 bridgehead atoms. The number of hydrogen-bond acceptors (Lipinski definition) is 5. The summed E-state index contributed by atoms with van der Waals surface area (Å²) in [6.07, 6.45) is 2.05. The lowest BCUT2D eigenvalue weighted by atomic mass is 10.4. The van der Waals surface area contributed by atoms with E-state index in [0.717, 1.165) is 12.8 Å². The highest BCUT2D eigenvalue weighted by Gasteiger charge is 2.26. The largest absolute Gasteiger partial charge is 0.382 e. The molecule has 6 nitrogen and oxygen atoms in total. The molecule has 2 atom stereocenters. The van der Waals surface area contributed by atoms with Gasteiger partial charge in [0.2, 0.25) is 10.0 Å². The minimum atomic E-state index is -3.30. The summed E-state index contributed by atoms with van der Waals surface area (Å²) in [5.41, 5.74) is 0. The zero-order valence-corrected chi connectivity index (χ0v) is 12.1. The van der Waals surface area contributed by atoms with Gasteiger partial charge in [0.15, 0.2) is 0 Å². The quantitative estimate of drug-likeness (QED) is 0.575. The molecule has 7 heteroatoms. The van der Waals surface area contributed by atoms with Crippen LogP contribution in [0, 0.1) is 0 Å². The number of hydrogen-bond donors (Lipinski definition) is 2. The maximum absolute atomic E-state index is 11.9. The van der Waals surface area contributed by atoms with E-state index in [2.05, 4.69) is 10.0 Å². The van der Waals surface area contributed by atoms with E-state index in [-0.39, 0.29) is 12.6 Å². The molecule has 0 aromatic heterocycles. The number of sulfonamides is 1. The summed E-state index contributed by atoms with van der Waals surface area (Å²) in [6.45, 7) is 2.80. The summed E-state index contributed by atoms with van der Waals surface area (Å²) in [5.74, 6) is 0. The van der Waals surface area contributed by atoms with Crippen molar-refractivity contribution in [3.8, 4) is 0 Å². The Morgan fingerprint density at radius 2 is 1.94 bits per heavy atom. The van der Waals surface area contributed by atoms with Crippen LogP contribution in [-0.4, -0.2) is 59.7 Å².